The van der Waals surface area contributed by atoms with E-state index in [0.29, 0.717) is 11.1 Å². The Kier molecular flexibility index (Phi) is 1.11. The highest BCUT2D eigenvalue weighted by atomic mass is 16.5. The Morgan fingerprint density at radius 2 is 2.08 bits per heavy atom. The quantitative estimate of drug-likeness (QED) is 0.509. The summed E-state index contributed by atoms with van der Waals surface area (Å²) < 4.78 is 5.09. The van der Waals surface area contributed by atoms with Crippen LogP contribution in [0.25, 0.3) is 22.0 Å². The average molecular weight is 172 g/mol. The molecule has 0 amide bonds. The van der Waals surface area contributed by atoms with Crippen molar-refractivity contribution in [2.24, 2.45) is 0 Å². The van der Waals surface area contributed by atoms with E-state index in [0.717, 1.165) is 10.9 Å². The zero-order valence-corrected chi connectivity index (χ0v) is 6.51. The van der Waals surface area contributed by atoms with Crippen LogP contribution >= 0.6 is 0 Å². The van der Waals surface area contributed by atoms with Crippen LogP contribution in [-0.4, -0.2) is 20.6 Å². The molecule has 2 heterocycles. The topological polar surface area (TPSA) is 64.7 Å². The molecule has 3 rings (SSSR count). The molecule has 0 N–H and O–H groups in total. The number of benzene rings is 1. The Hall–Kier alpha value is -2.04. The first-order valence-electron chi connectivity index (χ1n) is 3.77. The fraction of sp³-hybridized carbons (Fsp3) is 0. The van der Waals surface area contributed by atoms with E-state index in [1.165, 1.54) is 0 Å². The first-order valence-corrected chi connectivity index (χ1v) is 3.77. The van der Waals surface area contributed by atoms with Crippen LogP contribution in [0, 0.1) is 0 Å². The third kappa shape index (κ3) is 0.807. The van der Waals surface area contributed by atoms with Crippen LogP contribution in [0.2, 0.25) is 0 Å². The fourth-order valence-electron chi connectivity index (χ4n) is 1.29. The van der Waals surface area contributed by atoms with E-state index in [9.17, 15) is 0 Å². The van der Waals surface area contributed by atoms with Crippen LogP contribution in [0.15, 0.2) is 28.9 Å². The van der Waals surface area contributed by atoms with Gasteiger partial charge in [0, 0.05) is 5.39 Å². The number of rotatable bonds is 0. The van der Waals surface area contributed by atoms with Crippen LogP contribution in [0.5, 0.6) is 0 Å². The lowest BCUT2D eigenvalue weighted by molar-refractivity contribution is 0.444. The Balaban J connectivity index is 2.65. The zero-order chi connectivity index (χ0) is 8.67. The second-order valence-electron chi connectivity index (χ2n) is 2.65. The molecule has 2 aromatic heterocycles. The predicted molar refractivity (Wildman–Crippen MR) is 44.9 cm³/mol. The van der Waals surface area contributed by atoms with E-state index >= 15 is 0 Å². The van der Waals surface area contributed by atoms with Crippen molar-refractivity contribution in [3.8, 4) is 0 Å². The number of aromatic nitrogens is 4. The SMILES string of the molecule is c1cc2ccc3nnnc3c2on1. The monoisotopic (exact) mass is 172 g/mol. The highest BCUT2D eigenvalue weighted by Crippen LogP contribution is 2.20. The summed E-state index contributed by atoms with van der Waals surface area (Å²) in [4.78, 5) is 0. The molecule has 0 fully saturated rings. The van der Waals surface area contributed by atoms with Gasteiger partial charge in [0.1, 0.15) is 5.52 Å². The molecule has 0 radical (unpaired) electrons. The molecule has 0 aliphatic heterocycles. The molecule has 1 aromatic carbocycles. The number of hydrogen-bond acceptors (Lipinski definition) is 5. The third-order valence-corrected chi connectivity index (χ3v) is 1.90. The van der Waals surface area contributed by atoms with E-state index in [1.807, 2.05) is 18.2 Å². The maximum atomic E-state index is 5.09. The highest BCUT2D eigenvalue weighted by Gasteiger charge is 2.05. The normalized spacial score (nSPS) is 11.1. The molecule has 0 aliphatic rings. The van der Waals surface area contributed by atoms with Crippen molar-refractivity contribution in [3.63, 3.8) is 0 Å². The molecule has 0 saturated carbocycles. The van der Waals surface area contributed by atoms with Gasteiger partial charge in [0.2, 0.25) is 0 Å². The molecule has 5 nitrogen and oxygen atoms in total. The lowest BCUT2D eigenvalue weighted by Gasteiger charge is -1.92. The summed E-state index contributed by atoms with van der Waals surface area (Å²) in [6, 6.07) is 5.61. The van der Waals surface area contributed by atoms with Crippen molar-refractivity contribution < 1.29 is 4.52 Å². The van der Waals surface area contributed by atoms with Crippen molar-refractivity contribution in [1.29, 1.82) is 0 Å². The minimum absolute atomic E-state index is 0.630. The van der Waals surface area contributed by atoms with Crippen molar-refractivity contribution in [2.75, 3.05) is 0 Å². The zero-order valence-electron chi connectivity index (χ0n) is 6.51. The van der Waals surface area contributed by atoms with Crippen LogP contribution < -0.4 is 0 Å². The molecule has 3 aromatic rings. The Labute approximate surface area is 72.4 Å². The lowest BCUT2D eigenvalue weighted by atomic mass is 10.2. The minimum Gasteiger partial charge on any atom is -0.354 e. The summed E-state index contributed by atoms with van der Waals surface area (Å²) in [7, 11) is 0. The number of fused-ring (bicyclic) bond motifs is 3. The van der Waals surface area contributed by atoms with Gasteiger partial charge in [-0.3, -0.25) is 0 Å². The first kappa shape index (κ1) is 6.47. The van der Waals surface area contributed by atoms with E-state index in [2.05, 4.69) is 20.6 Å². The van der Waals surface area contributed by atoms with E-state index in [4.69, 9.17) is 4.52 Å². The number of hydrogen-bond donors (Lipinski definition) is 0. The second-order valence-corrected chi connectivity index (χ2v) is 2.65. The largest absolute Gasteiger partial charge is 0.354 e. The van der Waals surface area contributed by atoms with Gasteiger partial charge >= 0.3 is 0 Å². The summed E-state index contributed by atoms with van der Waals surface area (Å²) in [6.07, 6.45) is 1.60. The molecule has 0 bridgehead atoms. The summed E-state index contributed by atoms with van der Waals surface area (Å²) in [5.41, 5.74) is 2.01. The van der Waals surface area contributed by atoms with Crippen molar-refractivity contribution in [2.45, 2.75) is 0 Å². The molecule has 0 saturated heterocycles. The average Bonchev–Trinajstić information content (AvgIpc) is 2.65. The Bertz CT molecular complexity index is 574. The lowest BCUT2D eigenvalue weighted by Crippen LogP contribution is -1.77. The van der Waals surface area contributed by atoms with E-state index in [-0.39, 0.29) is 0 Å². The summed E-state index contributed by atoms with van der Waals surface area (Å²) in [6.45, 7) is 0. The molecule has 0 spiro atoms. The summed E-state index contributed by atoms with van der Waals surface area (Å²) >= 11 is 0. The van der Waals surface area contributed by atoms with Crippen molar-refractivity contribution in [1.82, 2.24) is 20.6 Å². The second kappa shape index (κ2) is 2.22. The predicted octanol–water partition coefficient (Wildman–Crippen LogP) is 1.17. The molecule has 62 valence electrons. The molecule has 5 heteroatoms. The van der Waals surface area contributed by atoms with Crippen molar-refractivity contribution >= 4 is 22.0 Å². The van der Waals surface area contributed by atoms with E-state index < -0.39 is 0 Å². The van der Waals surface area contributed by atoms with Gasteiger partial charge in [0.05, 0.1) is 6.20 Å². The van der Waals surface area contributed by atoms with Crippen LogP contribution in [-0.2, 0) is 0 Å². The Morgan fingerprint density at radius 3 is 3.08 bits per heavy atom. The fourth-order valence-corrected chi connectivity index (χ4v) is 1.29. The van der Waals surface area contributed by atoms with Gasteiger partial charge < -0.3 is 4.52 Å². The van der Waals surface area contributed by atoms with Crippen LogP contribution in [0.1, 0.15) is 0 Å². The highest BCUT2D eigenvalue weighted by molar-refractivity contribution is 5.99. The molecule has 0 unspecified atom stereocenters. The molecular formula is C8H4N4O. The molecule has 13 heavy (non-hydrogen) atoms. The minimum atomic E-state index is 0.630. The van der Waals surface area contributed by atoms with Crippen molar-refractivity contribution in [3.05, 3.63) is 24.4 Å². The number of nitrogens with zero attached hydrogens (tertiary/aromatic N) is 4. The molecular weight excluding hydrogens is 168 g/mol. The van der Waals surface area contributed by atoms with Crippen LogP contribution in [0.3, 0.4) is 0 Å². The molecule has 0 aliphatic carbocycles. The van der Waals surface area contributed by atoms with Gasteiger partial charge in [-0.15, -0.1) is 10.2 Å². The standard InChI is InChI=1S/C8H4N4O/c1-2-6-7(11-12-10-6)8-5(1)3-4-9-13-8/h1-4H. The smallest absolute Gasteiger partial charge is 0.195 e. The molecule has 0 atom stereocenters. The summed E-state index contributed by atoms with van der Waals surface area (Å²) in [5, 5.41) is 15.9. The Morgan fingerprint density at radius 1 is 1.08 bits per heavy atom. The van der Waals surface area contributed by atoms with Gasteiger partial charge in [-0.1, -0.05) is 5.16 Å². The maximum Gasteiger partial charge on any atom is 0.195 e. The van der Waals surface area contributed by atoms with E-state index in [1.54, 1.807) is 6.20 Å². The summed E-state index contributed by atoms with van der Waals surface area (Å²) in [5.74, 6) is 0. The van der Waals surface area contributed by atoms with Gasteiger partial charge in [-0.2, -0.15) is 0 Å². The van der Waals surface area contributed by atoms with Gasteiger partial charge in [-0.25, -0.2) is 0 Å². The first-order chi connectivity index (χ1) is 6.45. The van der Waals surface area contributed by atoms with Crippen LogP contribution in [0.4, 0.5) is 0 Å². The van der Waals surface area contributed by atoms with Gasteiger partial charge in [-0.05, 0) is 23.4 Å². The maximum absolute atomic E-state index is 5.09. The van der Waals surface area contributed by atoms with Gasteiger partial charge in [0.15, 0.2) is 11.1 Å². The van der Waals surface area contributed by atoms with Gasteiger partial charge in [0.25, 0.3) is 0 Å². The third-order valence-electron chi connectivity index (χ3n) is 1.90.